The van der Waals surface area contributed by atoms with Crippen LogP contribution in [0.4, 0.5) is 5.69 Å². The topological polar surface area (TPSA) is 64.6 Å². The van der Waals surface area contributed by atoms with Crippen molar-refractivity contribution in [2.24, 2.45) is 0 Å². The van der Waals surface area contributed by atoms with Gasteiger partial charge in [0, 0.05) is 22.5 Å². The van der Waals surface area contributed by atoms with Gasteiger partial charge >= 0.3 is 11.9 Å². The van der Waals surface area contributed by atoms with Crippen LogP contribution >= 0.6 is 11.6 Å². The van der Waals surface area contributed by atoms with Crippen molar-refractivity contribution in [3.63, 3.8) is 0 Å². The molecule has 6 heteroatoms. The van der Waals surface area contributed by atoms with Crippen molar-refractivity contribution in [1.82, 2.24) is 0 Å². The monoisotopic (exact) mass is 311 g/mol. The first-order chi connectivity index (χ1) is 10.0. The summed E-state index contributed by atoms with van der Waals surface area (Å²) in [6.45, 7) is 3.97. The molecular formula is C15H18ClNO4. The molecule has 1 rings (SSSR count). The quantitative estimate of drug-likeness (QED) is 0.619. The largest absolute Gasteiger partial charge is 0.466 e. The fourth-order valence-corrected chi connectivity index (χ4v) is 1.77. The molecule has 0 radical (unpaired) electrons. The molecule has 5 nitrogen and oxygen atoms in total. The van der Waals surface area contributed by atoms with E-state index in [0.717, 1.165) is 0 Å². The molecule has 114 valence electrons. The van der Waals surface area contributed by atoms with E-state index in [2.05, 4.69) is 5.32 Å². The van der Waals surface area contributed by atoms with Gasteiger partial charge in [0.25, 0.3) is 0 Å². The van der Waals surface area contributed by atoms with E-state index in [1.165, 1.54) is 6.08 Å². The minimum Gasteiger partial charge on any atom is -0.466 e. The molecule has 1 N–H and O–H groups in total. The van der Waals surface area contributed by atoms with E-state index in [-0.39, 0.29) is 19.6 Å². The third-order valence-electron chi connectivity index (χ3n) is 2.35. The van der Waals surface area contributed by atoms with Gasteiger partial charge in [0.1, 0.15) is 0 Å². The Hall–Kier alpha value is -2.01. The van der Waals surface area contributed by atoms with Gasteiger partial charge in [-0.1, -0.05) is 17.7 Å². The average Bonchev–Trinajstić information content (AvgIpc) is 2.38. The lowest BCUT2D eigenvalue weighted by molar-refractivity contribution is -0.142. The Morgan fingerprint density at radius 2 is 1.95 bits per heavy atom. The summed E-state index contributed by atoms with van der Waals surface area (Å²) in [6, 6.07) is 6.95. The maximum Gasteiger partial charge on any atom is 0.332 e. The number of carbonyl (C=O) groups excluding carboxylic acids is 2. The highest BCUT2D eigenvalue weighted by atomic mass is 35.5. The molecule has 0 bridgehead atoms. The molecule has 0 spiro atoms. The fourth-order valence-electron chi connectivity index (χ4n) is 1.58. The Morgan fingerprint density at radius 1 is 1.24 bits per heavy atom. The second-order valence-electron chi connectivity index (χ2n) is 4.04. The molecule has 21 heavy (non-hydrogen) atoms. The van der Waals surface area contributed by atoms with Gasteiger partial charge < -0.3 is 14.8 Å². The first-order valence-corrected chi connectivity index (χ1v) is 6.98. The SMILES string of the molecule is CCOC(=O)/C=C(/CC(=O)OCC)Nc1cccc(Cl)c1. The van der Waals surface area contributed by atoms with Crippen LogP contribution in [0.25, 0.3) is 0 Å². The van der Waals surface area contributed by atoms with E-state index in [0.29, 0.717) is 16.4 Å². The van der Waals surface area contributed by atoms with E-state index in [9.17, 15) is 9.59 Å². The predicted molar refractivity (Wildman–Crippen MR) is 81.0 cm³/mol. The second-order valence-corrected chi connectivity index (χ2v) is 4.48. The molecule has 1 aromatic rings. The maximum absolute atomic E-state index is 11.6. The van der Waals surface area contributed by atoms with Crippen LogP contribution in [0.15, 0.2) is 36.0 Å². The lowest BCUT2D eigenvalue weighted by atomic mass is 10.2. The molecular weight excluding hydrogens is 294 g/mol. The van der Waals surface area contributed by atoms with Crippen molar-refractivity contribution < 1.29 is 19.1 Å². The van der Waals surface area contributed by atoms with E-state index in [4.69, 9.17) is 21.1 Å². The van der Waals surface area contributed by atoms with Gasteiger partial charge in [-0.3, -0.25) is 4.79 Å². The molecule has 0 aromatic heterocycles. The second kappa shape index (κ2) is 9.02. The molecule has 0 heterocycles. The molecule has 0 unspecified atom stereocenters. The van der Waals surface area contributed by atoms with Gasteiger partial charge in [-0.15, -0.1) is 0 Å². The Labute approximate surface area is 128 Å². The summed E-state index contributed by atoms with van der Waals surface area (Å²) in [5.41, 5.74) is 1.05. The first-order valence-electron chi connectivity index (χ1n) is 6.60. The molecule has 0 aliphatic carbocycles. The summed E-state index contributed by atoms with van der Waals surface area (Å²) in [6.07, 6.45) is 1.18. The lowest BCUT2D eigenvalue weighted by Gasteiger charge is -2.11. The molecule has 0 fully saturated rings. The van der Waals surface area contributed by atoms with Crippen LogP contribution in [0.3, 0.4) is 0 Å². The number of halogens is 1. The van der Waals surface area contributed by atoms with Crippen molar-refractivity contribution in [3.05, 3.63) is 41.1 Å². The van der Waals surface area contributed by atoms with Crippen molar-refractivity contribution in [2.75, 3.05) is 18.5 Å². The van der Waals surface area contributed by atoms with E-state index in [1.807, 2.05) is 0 Å². The highest BCUT2D eigenvalue weighted by molar-refractivity contribution is 6.30. The first kappa shape index (κ1) is 17.0. The minimum absolute atomic E-state index is 0.0564. The maximum atomic E-state index is 11.6. The number of benzene rings is 1. The zero-order chi connectivity index (χ0) is 15.7. The average molecular weight is 312 g/mol. The van der Waals surface area contributed by atoms with E-state index < -0.39 is 11.9 Å². The van der Waals surface area contributed by atoms with Gasteiger partial charge in [0.2, 0.25) is 0 Å². The summed E-state index contributed by atoms with van der Waals surface area (Å²) in [5, 5.41) is 3.52. The Morgan fingerprint density at radius 3 is 2.57 bits per heavy atom. The van der Waals surface area contributed by atoms with Crippen LogP contribution in [0.5, 0.6) is 0 Å². The number of hydrogen-bond donors (Lipinski definition) is 1. The van der Waals surface area contributed by atoms with Crippen molar-refractivity contribution >= 4 is 29.2 Å². The molecule has 0 saturated heterocycles. The van der Waals surface area contributed by atoms with Gasteiger partial charge in [0.15, 0.2) is 0 Å². The third kappa shape index (κ3) is 6.81. The van der Waals surface area contributed by atoms with Gasteiger partial charge in [-0.2, -0.15) is 0 Å². The van der Waals surface area contributed by atoms with Gasteiger partial charge in [0.05, 0.1) is 19.6 Å². The molecule has 1 aromatic carbocycles. The van der Waals surface area contributed by atoms with Crippen LogP contribution in [0.1, 0.15) is 20.3 Å². The molecule has 0 amide bonds. The van der Waals surface area contributed by atoms with Crippen LogP contribution < -0.4 is 5.32 Å². The van der Waals surface area contributed by atoms with Crippen molar-refractivity contribution in [3.8, 4) is 0 Å². The Kier molecular flexibility index (Phi) is 7.32. The predicted octanol–water partition coefficient (Wildman–Crippen LogP) is 3.15. The highest BCUT2D eigenvalue weighted by Crippen LogP contribution is 2.18. The summed E-state index contributed by atoms with van der Waals surface area (Å²) in [7, 11) is 0. The number of nitrogens with one attached hydrogen (secondary N) is 1. The smallest absolute Gasteiger partial charge is 0.332 e. The Balaban J connectivity index is 2.85. The summed E-state index contributed by atoms with van der Waals surface area (Å²) in [4.78, 5) is 23.1. The van der Waals surface area contributed by atoms with Crippen LogP contribution in [0, 0.1) is 0 Å². The molecule has 0 atom stereocenters. The highest BCUT2D eigenvalue weighted by Gasteiger charge is 2.10. The van der Waals surface area contributed by atoms with Crippen molar-refractivity contribution in [1.29, 1.82) is 0 Å². The standard InChI is InChI=1S/C15H18ClNO4/c1-3-20-14(18)9-13(10-15(19)21-4-2)17-12-7-5-6-11(16)8-12/h5-9,17H,3-4,10H2,1-2H3/b13-9-. The molecule has 0 aliphatic heterocycles. The summed E-state index contributed by atoms with van der Waals surface area (Å²) in [5.74, 6) is -0.950. The third-order valence-corrected chi connectivity index (χ3v) is 2.58. The number of anilines is 1. The van der Waals surface area contributed by atoms with Crippen LogP contribution in [-0.4, -0.2) is 25.2 Å². The minimum atomic E-state index is -0.522. The summed E-state index contributed by atoms with van der Waals surface area (Å²) < 4.78 is 9.72. The van der Waals surface area contributed by atoms with E-state index >= 15 is 0 Å². The van der Waals surface area contributed by atoms with Gasteiger partial charge in [-0.25, -0.2) is 4.79 Å². The number of rotatable bonds is 7. The van der Waals surface area contributed by atoms with Crippen LogP contribution in [0.2, 0.25) is 5.02 Å². The number of carbonyl (C=O) groups is 2. The summed E-state index contributed by atoms with van der Waals surface area (Å²) >= 11 is 5.90. The molecule has 0 aliphatic rings. The van der Waals surface area contributed by atoms with E-state index in [1.54, 1.807) is 38.1 Å². The molecule has 0 saturated carbocycles. The zero-order valence-electron chi connectivity index (χ0n) is 12.0. The number of ether oxygens (including phenoxy) is 2. The Bertz CT molecular complexity index is 528. The number of esters is 2. The van der Waals surface area contributed by atoms with Gasteiger partial charge in [-0.05, 0) is 32.0 Å². The zero-order valence-corrected chi connectivity index (χ0v) is 12.8. The lowest BCUT2D eigenvalue weighted by Crippen LogP contribution is -2.12. The van der Waals surface area contributed by atoms with Crippen LogP contribution in [-0.2, 0) is 19.1 Å². The van der Waals surface area contributed by atoms with Crippen molar-refractivity contribution in [2.45, 2.75) is 20.3 Å². The fraction of sp³-hybridized carbons (Fsp3) is 0.333. The number of hydrogen-bond acceptors (Lipinski definition) is 5. The normalized spacial score (nSPS) is 10.9.